The summed E-state index contributed by atoms with van der Waals surface area (Å²) in [6, 6.07) is 12.1. The molecule has 0 heterocycles. The normalized spacial score (nSPS) is 10.1. The molecule has 0 amide bonds. The molecule has 0 saturated heterocycles. The monoisotopic (exact) mass is 426 g/mol. The van der Waals surface area contributed by atoms with Crippen molar-refractivity contribution < 1.29 is 9.85 Å². The Morgan fingerprint density at radius 3 is 1.27 bits per heavy atom. The lowest BCUT2D eigenvalue weighted by Gasteiger charge is -2.09. The van der Waals surface area contributed by atoms with Gasteiger partial charge in [-0.15, -0.1) is 0 Å². The van der Waals surface area contributed by atoms with Crippen LogP contribution in [0.15, 0.2) is 51.9 Å². The number of non-ortho nitro benzene ring substituents is 2. The summed E-state index contributed by atoms with van der Waals surface area (Å²) in [5, 5.41) is 21.4. The van der Waals surface area contributed by atoms with Gasteiger partial charge in [0.1, 0.15) is 0 Å². The smallest absolute Gasteiger partial charge is 0.258 e. The number of nitrogens with zero attached hydrogens (tertiary/aromatic N) is 2. The Morgan fingerprint density at radius 1 is 0.727 bits per heavy atom. The van der Waals surface area contributed by atoms with Gasteiger partial charge in [-0.25, -0.2) is 0 Å². The van der Waals surface area contributed by atoms with Crippen LogP contribution < -0.4 is 0 Å². The molecule has 2 rings (SSSR count). The zero-order valence-electron chi connectivity index (χ0n) is 10.9. The first-order valence-electron chi connectivity index (χ1n) is 5.95. The first-order chi connectivity index (χ1) is 10.4. The number of nitro benzene ring substituents is 2. The maximum atomic E-state index is 10.7. The van der Waals surface area contributed by atoms with E-state index in [4.69, 9.17) is 0 Å². The van der Waals surface area contributed by atoms with Crippen molar-refractivity contribution >= 4 is 48.8 Å². The van der Waals surface area contributed by atoms with Crippen LogP contribution in [0, 0.1) is 20.2 Å². The highest BCUT2D eigenvalue weighted by atomic mass is 79.9. The van der Waals surface area contributed by atoms with Gasteiger partial charge in [-0.3, -0.25) is 20.2 Å². The molecule has 0 bridgehead atoms. The van der Waals surface area contributed by atoms with E-state index in [0.29, 0.717) is 3.39 Å². The summed E-state index contributed by atoms with van der Waals surface area (Å²) in [6.45, 7) is 0. The number of hydrogen-bond acceptors (Lipinski definition) is 4. The molecule has 0 aliphatic carbocycles. The second-order valence-corrected chi connectivity index (χ2v) is 6.89. The zero-order chi connectivity index (χ0) is 16.3. The number of halogens is 2. The van der Waals surface area contributed by atoms with Crippen LogP contribution >= 0.6 is 31.9 Å². The number of nitro groups is 2. The summed E-state index contributed by atoms with van der Waals surface area (Å²) >= 11 is 6.68. The lowest BCUT2D eigenvalue weighted by Crippen LogP contribution is -1.93. The first kappa shape index (κ1) is 16.3. The number of hydrogen-bond donors (Lipinski definition) is 0. The van der Waals surface area contributed by atoms with Gasteiger partial charge in [-0.1, -0.05) is 0 Å². The van der Waals surface area contributed by atoms with Crippen LogP contribution in [0.3, 0.4) is 0 Å². The Labute approximate surface area is 142 Å². The summed E-state index contributed by atoms with van der Waals surface area (Å²) in [6.07, 6.45) is 0. The third-order valence-corrected chi connectivity index (χ3v) is 3.72. The minimum atomic E-state index is -0.470. The van der Waals surface area contributed by atoms with E-state index in [2.05, 4.69) is 31.9 Å². The lowest BCUT2D eigenvalue weighted by molar-refractivity contribution is -0.385. The predicted octanol–water partition coefficient (Wildman–Crippen LogP) is 5.01. The van der Waals surface area contributed by atoms with Crippen LogP contribution in [-0.2, 0) is 0 Å². The molecular formula is C14H8Br2N2O4. The van der Waals surface area contributed by atoms with E-state index in [-0.39, 0.29) is 11.4 Å². The maximum absolute atomic E-state index is 10.7. The maximum Gasteiger partial charge on any atom is 0.269 e. The molecule has 112 valence electrons. The highest BCUT2D eigenvalue weighted by Gasteiger charge is 2.13. The molecule has 0 aliphatic rings. The van der Waals surface area contributed by atoms with Gasteiger partial charge in [0.2, 0.25) is 0 Å². The Hall–Kier alpha value is -2.06. The number of rotatable bonds is 4. The molecule has 6 nitrogen and oxygen atoms in total. The summed E-state index contributed by atoms with van der Waals surface area (Å²) in [7, 11) is 0. The van der Waals surface area contributed by atoms with Crippen molar-refractivity contribution in [1.82, 2.24) is 0 Å². The van der Waals surface area contributed by atoms with Gasteiger partial charge in [-0.2, -0.15) is 0 Å². The standard InChI is InChI=1S/C14H8Br2N2O4/c15-14(16)13(9-1-5-11(6-2-9)17(19)20)10-3-7-12(8-4-10)18(21)22/h1-8H. The van der Waals surface area contributed by atoms with Crippen LogP contribution in [-0.4, -0.2) is 9.85 Å². The molecule has 0 N–H and O–H groups in total. The van der Waals surface area contributed by atoms with Crippen LogP contribution in [0.2, 0.25) is 0 Å². The fourth-order valence-corrected chi connectivity index (χ4v) is 2.80. The van der Waals surface area contributed by atoms with E-state index in [0.717, 1.165) is 16.7 Å². The van der Waals surface area contributed by atoms with Crippen molar-refractivity contribution in [2.45, 2.75) is 0 Å². The first-order valence-corrected chi connectivity index (χ1v) is 7.53. The molecule has 0 fully saturated rings. The number of benzene rings is 2. The Morgan fingerprint density at radius 2 is 1.05 bits per heavy atom. The van der Waals surface area contributed by atoms with E-state index in [9.17, 15) is 20.2 Å². The van der Waals surface area contributed by atoms with Gasteiger partial charge in [0.15, 0.2) is 0 Å². The van der Waals surface area contributed by atoms with Gasteiger partial charge in [-0.05, 0) is 67.3 Å². The largest absolute Gasteiger partial charge is 0.269 e. The molecule has 2 aromatic carbocycles. The highest BCUT2D eigenvalue weighted by molar-refractivity contribution is 9.28. The molecule has 0 saturated carbocycles. The Bertz CT molecular complexity index is 692. The molecule has 0 aromatic heterocycles. The molecule has 0 radical (unpaired) electrons. The van der Waals surface area contributed by atoms with E-state index >= 15 is 0 Å². The molecule has 0 aliphatic heterocycles. The third-order valence-electron chi connectivity index (χ3n) is 2.92. The topological polar surface area (TPSA) is 86.3 Å². The van der Waals surface area contributed by atoms with Gasteiger partial charge in [0.05, 0.1) is 13.2 Å². The van der Waals surface area contributed by atoms with Crippen molar-refractivity contribution in [3.63, 3.8) is 0 Å². The third kappa shape index (κ3) is 3.58. The Kier molecular flexibility index (Phi) is 5.04. The van der Waals surface area contributed by atoms with E-state index in [1.807, 2.05) is 0 Å². The quantitative estimate of drug-likeness (QED) is 0.506. The van der Waals surface area contributed by atoms with Crippen molar-refractivity contribution in [1.29, 1.82) is 0 Å². The van der Waals surface area contributed by atoms with Crippen molar-refractivity contribution in [3.8, 4) is 0 Å². The molecular weight excluding hydrogens is 420 g/mol. The van der Waals surface area contributed by atoms with Crippen molar-refractivity contribution in [2.75, 3.05) is 0 Å². The van der Waals surface area contributed by atoms with Crippen molar-refractivity contribution in [2.24, 2.45) is 0 Å². The van der Waals surface area contributed by atoms with E-state index < -0.39 is 9.85 Å². The molecule has 0 spiro atoms. The van der Waals surface area contributed by atoms with Crippen LogP contribution in [0.4, 0.5) is 11.4 Å². The van der Waals surface area contributed by atoms with Gasteiger partial charge in [0, 0.05) is 29.8 Å². The predicted molar refractivity (Wildman–Crippen MR) is 90.1 cm³/mol. The average molecular weight is 428 g/mol. The van der Waals surface area contributed by atoms with Crippen LogP contribution in [0.1, 0.15) is 11.1 Å². The van der Waals surface area contributed by atoms with E-state index in [1.54, 1.807) is 24.3 Å². The van der Waals surface area contributed by atoms with Crippen LogP contribution in [0.5, 0.6) is 0 Å². The van der Waals surface area contributed by atoms with Crippen LogP contribution in [0.25, 0.3) is 5.57 Å². The zero-order valence-corrected chi connectivity index (χ0v) is 14.1. The van der Waals surface area contributed by atoms with Gasteiger partial charge < -0.3 is 0 Å². The minimum Gasteiger partial charge on any atom is -0.258 e. The SMILES string of the molecule is O=[N+]([O-])c1ccc(C(=C(Br)Br)c2ccc([N+](=O)[O-])cc2)cc1. The fraction of sp³-hybridized carbons (Fsp3) is 0. The summed E-state index contributed by atoms with van der Waals surface area (Å²) in [5.41, 5.74) is 2.21. The second-order valence-electron chi connectivity index (χ2n) is 4.24. The van der Waals surface area contributed by atoms with Gasteiger partial charge >= 0.3 is 0 Å². The molecule has 0 atom stereocenters. The van der Waals surface area contributed by atoms with Gasteiger partial charge in [0.25, 0.3) is 11.4 Å². The summed E-state index contributed by atoms with van der Waals surface area (Å²) < 4.78 is 0.641. The fourth-order valence-electron chi connectivity index (χ4n) is 1.88. The second kappa shape index (κ2) is 6.80. The molecule has 22 heavy (non-hydrogen) atoms. The molecule has 0 unspecified atom stereocenters. The molecule has 8 heteroatoms. The minimum absolute atomic E-state index is 0.00232. The highest BCUT2D eigenvalue weighted by Crippen LogP contribution is 2.34. The van der Waals surface area contributed by atoms with Crippen molar-refractivity contribution in [3.05, 3.63) is 83.3 Å². The Balaban J connectivity index is 2.45. The summed E-state index contributed by atoms with van der Waals surface area (Å²) in [4.78, 5) is 20.5. The molecule has 2 aromatic rings. The lowest BCUT2D eigenvalue weighted by atomic mass is 9.99. The average Bonchev–Trinajstić information content (AvgIpc) is 2.48. The van der Waals surface area contributed by atoms with E-state index in [1.165, 1.54) is 24.3 Å². The summed E-state index contributed by atoms with van der Waals surface area (Å²) in [5.74, 6) is 0.